The SMILES string of the molecule is COc1ccc(CCNC(=O)C(C)n2cnc3sc(C)c(C)c3c2=O)cc1OC. The van der Waals surface area contributed by atoms with Gasteiger partial charge in [0.25, 0.3) is 5.56 Å². The van der Waals surface area contributed by atoms with E-state index in [1.165, 1.54) is 22.2 Å². The van der Waals surface area contributed by atoms with Gasteiger partial charge in [0.05, 0.1) is 25.9 Å². The third-order valence-electron chi connectivity index (χ3n) is 5.07. The van der Waals surface area contributed by atoms with Gasteiger partial charge >= 0.3 is 0 Å². The molecule has 1 atom stereocenters. The second-order valence-corrected chi connectivity index (χ2v) is 8.03. The number of nitrogens with one attached hydrogen (secondary N) is 1. The molecule has 29 heavy (non-hydrogen) atoms. The molecular formula is C21H25N3O4S. The Morgan fingerprint density at radius 2 is 1.97 bits per heavy atom. The number of fused-ring (bicyclic) bond motifs is 1. The van der Waals surface area contributed by atoms with Crippen molar-refractivity contribution in [3.8, 4) is 11.5 Å². The summed E-state index contributed by atoms with van der Waals surface area (Å²) < 4.78 is 11.9. The Balaban J connectivity index is 1.68. The molecule has 0 aliphatic heterocycles. The van der Waals surface area contributed by atoms with Gasteiger partial charge in [-0.25, -0.2) is 4.98 Å². The highest BCUT2D eigenvalue weighted by Gasteiger charge is 2.19. The third kappa shape index (κ3) is 4.12. The molecule has 0 aliphatic carbocycles. The summed E-state index contributed by atoms with van der Waals surface area (Å²) in [5.74, 6) is 1.09. The maximum absolute atomic E-state index is 12.9. The van der Waals surface area contributed by atoms with Crippen molar-refractivity contribution in [2.45, 2.75) is 33.2 Å². The zero-order valence-electron chi connectivity index (χ0n) is 17.2. The number of ether oxygens (including phenoxy) is 2. The van der Waals surface area contributed by atoms with Gasteiger partial charge in [-0.2, -0.15) is 0 Å². The van der Waals surface area contributed by atoms with Crippen LogP contribution in [-0.4, -0.2) is 36.2 Å². The average Bonchev–Trinajstić information content (AvgIpc) is 3.02. The number of hydrogen-bond donors (Lipinski definition) is 1. The number of amides is 1. The first-order valence-electron chi connectivity index (χ1n) is 9.32. The lowest BCUT2D eigenvalue weighted by atomic mass is 10.1. The summed E-state index contributed by atoms with van der Waals surface area (Å²) in [4.78, 5) is 31.6. The predicted octanol–water partition coefficient (Wildman–Crippen LogP) is 3.01. The van der Waals surface area contributed by atoms with E-state index in [-0.39, 0.29) is 11.5 Å². The fourth-order valence-corrected chi connectivity index (χ4v) is 4.15. The molecule has 0 saturated carbocycles. The molecule has 1 N–H and O–H groups in total. The number of benzene rings is 1. The van der Waals surface area contributed by atoms with E-state index >= 15 is 0 Å². The number of aryl methyl sites for hydroxylation is 2. The highest BCUT2D eigenvalue weighted by Crippen LogP contribution is 2.28. The van der Waals surface area contributed by atoms with Crippen LogP contribution in [0.4, 0.5) is 0 Å². The Kier molecular flexibility index (Phi) is 6.22. The van der Waals surface area contributed by atoms with Crippen molar-refractivity contribution in [1.82, 2.24) is 14.9 Å². The lowest BCUT2D eigenvalue weighted by molar-refractivity contribution is -0.123. The molecular weight excluding hydrogens is 390 g/mol. The summed E-state index contributed by atoms with van der Waals surface area (Å²) in [6.07, 6.45) is 2.09. The van der Waals surface area contributed by atoms with E-state index in [0.717, 1.165) is 16.0 Å². The molecule has 1 aromatic carbocycles. The van der Waals surface area contributed by atoms with E-state index in [1.54, 1.807) is 21.1 Å². The smallest absolute Gasteiger partial charge is 0.263 e. The van der Waals surface area contributed by atoms with Crippen molar-refractivity contribution < 1.29 is 14.3 Å². The standard InChI is InChI=1S/C21H25N3O4S/c1-12-14(3)29-20-18(12)21(26)24(11-23-20)13(2)19(25)22-9-8-15-6-7-16(27-4)17(10-15)28-5/h6-7,10-11,13H,8-9H2,1-5H3,(H,22,25). The van der Waals surface area contributed by atoms with Crippen LogP contribution < -0.4 is 20.3 Å². The van der Waals surface area contributed by atoms with E-state index in [0.29, 0.717) is 34.7 Å². The van der Waals surface area contributed by atoms with Crippen molar-refractivity contribution in [3.05, 3.63) is 50.9 Å². The minimum absolute atomic E-state index is 0.181. The van der Waals surface area contributed by atoms with Crippen LogP contribution in [0.1, 0.15) is 29.0 Å². The molecule has 0 saturated heterocycles. The molecule has 7 nitrogen and oxygen atoms in total. The van der Waals surface area contributed by atoms with Gasteiger partial charge in [0.15, 0.2) is 11.5 Å². The Morgan fingerprint density at radius 1 is 1.24 bits per heavy atom. The molecule has 3 rings (SSSR count). The van der Waals surface area contributed by atoms with Crippen LogP contribution in [0, 0.1) is 13.8 Å². The Bertz CT molecular complexity index is 1100. The largest absolute Gasteiger partial charge is 0.493 e. The molecule has 1 amide bonds. The minimum Gasteiger partial charge on any atom is -0.493 e. The Hall–Kier alpha value is -2.87. The van der Waals surface area contributed by atoms with Gasteiger partial charge in [0.1, 0.15) is 10.9 Å². The number of rotatable bonds is 7. The second kappa shape index (κ2) is 8.65. The van der Waals surface area contributed by atoms with Crippen LogP contribution in [0.15, 0.2) is 29.3 Å². The van der Waals surface area contributed by atoms with Crippen LogP contribution in [0.25, 0.3) is 10.2 Å². The fraction of sp³-hybridized carbons (Fsp3) is 0.381. The van der Waals surface area contributed by atoms with Gasteiger partial charge in [0, 0.05) is 11.4 Å². The molecule has 0 bridgehead atoms. The topological polar surface area (TPSA) is 82.5 Å². The van der Waals surface area contributed by atoms with Crippen molar-refractivity contribution in [3.63, 3.8) is 0 Å². The maximum Gasteiger partial charge on any atom is 0.263 e. The van der Waals surface area contributed by atoms with E-state index in [1.807, 2.05) is 32.0 Å². The molecule has 0 fully saturated rings. The first-order chi connectivity index (χ1) is 13.9. The number of nitrogens with zero attached hydrogens (tertiary/aromatic N) is 2. The Morgan fingerprint density at radius 3 is 2.66 bits per heavy atom. The lowest BCUT2D eigenvalue weighted by Gasteiger charge is -2.15. The highest BCUT2D eigenvalue weighted by molar-refractivity contribution is 7.18. The summed E-state index contributed by atoms with van der Waals surface area (Å²) in [5.41, 5.74) is 1.76. The first-order valence-corrected chi connectivity index (χ1v) is 10.1. The molecule has 0 radical (unpaired) electrons. The van der Waals surface area contributed by atoms with Gasteiger partial charge in [-0.15, -0.1) is 11.3 Å². The predicted molar refractivity (Wildman–Crippen MR) is 114 cm³/mol. The first kappa shape index (κ1) is 20.9. The summed E-state index contributed by atoms with van der Waals surface area (Å²) in [6.45, 7) is 6.03. The lowest BCUT2D eigenvalue weighted by Crippen LogP contribution is -2.36. The number of carbonyl (C=O) groups excluding carboxylic acids is 1. The van der Waals surface area contributed by atoms with Crippen LogP contribution in [-0.2, 0) is 11.2 Å². The normalized spacial score (nSPS) is 12.0. The molecule has 3 aromatic rings. The van der Waals surface area contributed by atoms with Gasteiger partial charge in [0.2, 0.25) is 5.91 Å². The highest BCUT2D eigenvalue weighted by atomic mass is 32.1. The van der Waals surface area contributed by atoms with Crippen LogP contribution in [0.3, 0.4) is 0 Å². The fourth-order valence-electron chi connectivity index (χ4n) is 3.16. The van der Waals surface area contributed by atoms with Gasteiger partial charge in [-0.05, 0) is 50.5 Å². The van der Waals surface area contributed by atoms with Crippen LogP contribution in [0.2, 0.25) is 0 Å². The number of hydrogen-bond acceptors (Lipinski definition) is 6. The Labute approximate surface area is 173 Å². The molecule has 1 unspecified atom stereocenters. The molecule has 2 aromatic heterocycles. The minimum atomic E-state index is -0.649. The number of thiophene rings is 1. The maximum atomic E-state index is 12.9. The van der Waals surface area contributed by atoms with Crippen LogP contribution >= 0.6 is 11.3 Å². The zero-order chi connectivity index (χ0) is 21.1. The van der Waals surface area contributed by atoms with Gasteiger partial charge < -0.3 is 14.8 Å². The van der Waals surface area contributed by atoms with Crippen molar-refractivity contribution >= 4 is 27.5 Å². The summed E-state index contributed by atoms with van der Waals surface area (Å²) in [7, 11) is 3.18. The van der Waals surface area contributed by atoms with E-state index in [9.17, 15) is 9.59 Å². The van der Waals surface area contributed by atoms with Crippen LogP contribution in [0.5, 0.6) is 11.5 Å². The monoisotopic (exact) mass is 415 g/mol. The van der Waals surface area contributed by atoms with E-state index < -0.39 is 6.04 Å². The summed E-state index contributed by atoms with van der Waals surface area (Å²) >= 11 is 1.49. The summed E-state index contributed by atoms with van der Waals surface area (Å²) in [5, 5.41) is 3.49. The molecule has 0 aliphatic rings. The number of methoxy groups -OCH3 is 2. The average molecular weight is 416 g/mol. The molecule has 0 spiro atoms. The van der Waals surface area contributed by atoms with Gasteiger partial charge in [-0.3, -0.25) is 14.2 Å². The van der Waals surface area contributed by atoms with Gasteiger partial charge in [-0.1, -0.05) is 6.07 Å². The van der Waals surface area contributed by atoms with Crippen molar-refractivity contribution in [2.24, 2.45) is 0 Å². The molecule has 2 heterocycles. The number of aromatic nitrogens is 2. The quantitative estimate of drug-likeness (QED) is 0.641. The third-order valence-corrected chi connectivity index (χ3v) is 6.19. The molecule has 8 heteroatoms. The molecule has 154 valence electrons. The zero-order valence-corrected chi connectivity index (χ0v) is 18.1. The van der Waals surface area contributed by atoms with Crippen molar-refractivity contribution in [1.29, 1.82) is 0 Å². The van der Waals surface area contributed by atoms with Crippen molar-refractivity contribution in [2.75, 3.05) is 20.8 Å². The second-order valence-electron chi connectivity index (χ2n) is 6.83. The number of carbonyl (C=O) groups is 1. The van der Waals surface area contributed by atoms with E-state index in [2.05, 4.69) is 10.3 Å². The summed E-state index contributed by atoms with van der Waals surface area (Å²) in [6, 6.07) is 5.01. The van der Waals surface area contributed by atoms with E-state index in [4.69, 9.17) is 9.47 Å².